The second-order valence-electron chi connectivity index (χ2n) is 3.73. The van der Waals surface area contributed by atoms with Crippen LogP contribution in [-0.4, -0.2) is 17.1 Å². The quantitative estimate of drug-likeness (QED) is 0.662. The van der Waals surface area contributed by atoms with Crippen LogP contribution in [0, 0.1) is 13.8 Å². The summed E-state index contributed by atoms with van der Waals surface area (Å²) in [4.78, 5) is 10.7. The van der Waals surface area contributed by atoms with Crippen LogP contribution in [0.3, 0.4) is 0 Å². The van der Waals surface area contributed by atoms with Gasteiger partial charge in [-0.2, -0.15) is 0 Å². The largest absolute Gasteiger partial charge is 0.480 e. The summed E-state index contributed by atoms with van der Waals surface area (Å²) in [5, 5.41) is 11.6. The van der Waals surface area contributed by atoms with Gasteiger partial charge >= 0.3 is 5.97 Å². The van der Waals surface area contributed by atoms with E-state index < -0.39 is 12.0 Å². The summed E-state index contributed by atoms with van der Waals surface area (Å²) in [6, 6.07) is 3.09. The summed E-state index contributed by atoms with van der Waals surface area (Å²) < 4.78 is 0. The number of nitrogens with one attached hydrogen (secondary N) is 1. The van der Waals surface area contributed by atoms with Crippen molar-refractivity contribution < 1.29 is 9.90 Å². The lowest BCUT2D eigenvalue weighted by Gasteiger charge is -2.13. The molecule has 0 fully saturated rings. The average Bonchev–Trinajstić information content (AvgIpc) is 2.13. The summed E-state index contributed by atoms with van der Waals surface area (Å²) in [5.74, 6) is -0.873. The maximum Gasteiger partial charge on any atom is 0.325 e. The van der Waals surface area contributed by atoms with Crippen molar-refractivity contribution in [3.63, 3.8) is 0 Å². The van der Waals surface area contributed by atoms with Gasteiger partial charge in [0.25, 0.3) is 0 Å². The molecule has 1 atom stereocenters. The van der Waals surface area contributed by atoms with E-state index in [1.807, 2.05) is 26.0 Å². The molecular formula is C11H16N2O2. The number of carbonyl (C=O) groups is 1. The van der Waals surface area contributed by atoms with Crippen LogP contribution in [0.25, 0.3) is 0 Å². The van der Waals surface area contributed by atoms with Gasteiger partial charge in [-0.05, 0) is 44.0 Å². The SMILES string of the molecule is Cc1cc(NC(C)C(=O)O)cc(C)c1N. The van der Waals surface area contributed by atoms with E-state index in [0.29, 0.717) is 0 Å². The lowest BCUT2D eigenvalue weighted by atomic mass is 10.1. The van der Waals surface area contributed by atoms with Crippen LogP contribution in [0.2, 0.25) is 0 Å². The molecule has 0 amide bonds. The van der Waals surface area contributed by atoms with Gasteiger partial charge in [0.05, 0.1) is 0 Å². The zero-order valence-corrected chi connectivity index (χ0v) is 9.16. The van der Waals surface area contributed by atoms with Gasteiger partial charge in [0.1, 0.15) is 6.04 Å². The van der Waals surface area contributed by atoms with Gasteiger partial charge in [0.2, 0.25) is 0 Å². The number of anilines is 2. The van der Waals surface area contributed by atoms with Crippen molar-refractivity contribution in [3.8, 4) is 0 Å². The van der Waals surface area contributed by atoms with Crippen LogP contribution >= 0.6 is 0 Å². The molecule has 0 saturated carbocycles. The Balaban J connectivity index is 2.92. The zero-order valence-electron chi connectivity index (χ0n) is 9.16. The summed E-state index contributed by atoms with van der Waals surface area (Å²) in [6.07, 6.45) is 0. The van der Waals surface area contributed by atoms with E-state index in [1.54, 1.807) is 6.92 Å². The van der Waals surface area contributed by atoms with Gasteiger partial charge in [-0.3, -0.25) is 4.79 Å². The van der Waals surface area contributed by atoms with Crippen molar-refractivity contribution >= 4 is 17.3 Å². The summed E-state index contributed by atoms with van der Waals surface area (Å²) in [7, 11) is 0. The molecule has 0 bridgehead atoms. The molecule has 82 valence electrons. The number of carboxylic acids is 1. The second kappa shape index (κ2) is 4.21. The highest BCUT2D eigenvalue weighted by Crippen LogP contribution is 2.22. The molecule has 4 heteroatoms. The molecule has 1 aromatic carbocycles. The number of aliphatic carboxylic acids is 1. The molecule has 0 saturated heterocycles. The summed E-state index contributed by atoms with van der Waals surface area (Å²) in [6.45, 7) is 5.40. The van der Waals surface area contributed by atoms with E-state index >= 15 is 0 Å². The molecule has 1 rings (SSSR count). The number of rotatable bonds is 3. The molecule has 0 heterocycles. The normalized spacial score (nSPS) is 12.2. The van der Waals surface area contributed by atoms with Crippen LogP contribution in [-0.2, 0) is 4.79 Å². The fourth-order valence-electron chi connectivity index (χ4n) is 1.37. The highest BCUT2D eigenvalue weighted by atomic mass is 16.4. The predicted octanol–water partition coefficient (Wildman–Crippen LogP) is 1.77. The number of hydrogen-bond donors (Lipinski definition) is 3. The lowest BCUT2D eigenvalue weighted by Crippen LogP contribution is -2.25. The number of hydrogen-bond acceptors (Lipinski definition) is 3. The van der Waals surface area contributed by atoms with Crippen molar-refractivity contribution in [2.75, 3.05) is 11.1 Å². The van der Waals surface area contributed by atoms with E-state index in [2.05, 4.69) is 5.32 Å². The molecule has 0 aliphatic carbocycles. The number of aryl methyl sites for hydroxylation is 2. The first-order valence-electron chi connectivity index (χ1n) is 4.78. The highest BCUT2D eigenvalue weighted by Gasteiger charge is 2.10. The molecule has 0 aliphatic heterocycles. The fraction of sp³-hybridized carbons (Fsp3) is 0.364. The molecule has 4 nitrogen and oxygen atoms in total. The zero-order chi connectivity index (χ0) is 11.6. The Morgan fingerprint density at radius 3 is 2.27 bits per heavy atom. The minimum absolute atomic E-state index is 0.604. The van der Waals surface area contributed by atoms with E-state index in [1.165, 1.54) is 0 Å². The molecule has 0 aromatic heterocycles. The number of nitrogens with two attached hydrogens (primary N) is 1. The van der Waals surface area contributed by atoms with Gasteiger partial charge in [-0.1, -0.05) is 0 Å². The topological polar surface area (TPSA) is 75.3 Å². The monoisotopic (exact) mass is 208 g/mol. The van der Waals surface area contributed by atoms with Crippen LogP contribution < -0.4 is 11.1 Å². The maximum atomic E-state index is 10.7. The molecule has 1 unspecified atom stereocenters. The Morgan fingerprint density at radius 2 is 1.87 bits per heavy atom. The number of nitrogen functional groups attached to an aromatic ring is 1. The fourth-order valence-corrected chi connectivity index (χ4v) is 1.37. The molecule has 1 aromatic rings. The molecular weight excluding hydrogens is 192 g/mol. The van der Waals surface area contributed by atoms with Crippen LogP contribution in [0.15, 0.2) is 12.1 Å². The average molecular weight is 208 g/mol. The number of carboxylic acid groups (broad SMARTS) is 1. The van der Waals surface area contributed by atoms with Crippen molar-refractivity contribution in [1.29, 1.82) is 0 Å². The first-order chi connectivity index (χ1) is 6.91. The van der Waals surface area contributed by atoms with Crippen molar-refractivity contribution in [2.24, 2.45) is 0 Å². The van der Waals surface area contributed by atoms with Crippen molar-refractivity contribution in [2.45, 2.75) is 26.8 Å². The molecule has 0 aliphatic rings. The van der Waals surface area contributed by atoms with Gasteiger partial charge in [-0.25, -0.2) is 0 Å². The Labute approximate surface area is 89.1 Å². The van der Waals surface area contributed by atoms with E-state index in [4.69, 9.17) is 10.8 Å². The highest BCUT2D eigenvalue weighted by molar-refractivity contribution is 5.77. The number of benzene rings is 1. The Kier molecular flexibility index (Phi) is 3.19. The van der Waals surface area contributed by atoms with Crippen LogP contribution in [0.5, 0.6) is 0 Å². The smallest absolute Gasteiger partial charge is 0.325 e. The minimum atomic E-state index is -0.873. The second-order valence-corrected chi connectivity index (χ2v) is 3.73. The third kappa shape index (κ3) is 2.62. The van der Waals surface area contributed by atoms with Gasteiger partial charge in [0, 0.05) is 11.4 Å². The predicted molar refractivity (Wildman–Crippen MR) is 61.0 cm³/mol. The summed E-state index contributed by atoms with van der Waals surface area (Å²) >= 11 is 0. The van der Waals surface area contributed by atoms with E-state index in [-0.39, 0.29) is 0 Å². The lowest BCUT2D eigenvalue weighted by molar-refractivity contribution is -0.137. The Morgan fingerprint density at radius 1 is 1.40 bits per heavy atom. The molecule has 4 N–H and O–H groups in total. The molecule has 15 heavy (non-hydrogen) atoms. The summed E-state index contributed by atoms with van der Waals surface area (Å²) in [5.41, 5.74) is 9.24. The minimum Gasteiger partial charge on any atom is -0.480 e. The van der Waals surface area contributed by atoms with Gasteiger partial charge in [0.15, 0.2) is 0 Å². The first-order valence-corrected chi connectivity index (χ1v) is 4.78. The van der Waals surface area contributed by atoms with E-state index in [0.717, 1.165) is 22.5 Å². The van der Waals surface area contributed by atoms with E-state index in [9.17, 15) is 4.79 Å². The Hall–Kier alpha value is -1.71. The molecule has 0 radical (unpaired) electrons. The van der Waals surface area contributed by atoms with Gasteiger partial charge in [-0.15, -0.1) is 0 Å². The van der Waals surface area contributed by atoms with Crippen LogP contribution in [0.4, 0.5) is 11.4 Å². The maximum absolute atomic E-state index is 10.7. The third-order valence-electron chi connectivity index (χ3n) is 2.35. The van der Waals surface area contributed by atoms with Crippen LogP contribution in [0.1, 0.15) is 18.1 Å². The van der Waals surface area contributed by atoms with Crippen molar-refractivity contribution in [3.05, 3.63) is 23.3 Å². The van der Waals surface area contributed by atoms with Crippen molar-refractivity contribution in [1.82, 2.24) is 0 Å². The molecule has 0 spiro atoms. The first kappa shape index (κ1) is 11.4. The Bertz CT molecular complexity index is 365. The third-order valence-corrected chi connectivity index (χ3v) is 2.35. The standard InChI is InChI=1S/C11H16N2O2/c1-6-4-9(5-7(2)10(6)12)13-8(3)11(14)15/h4-5,8,13H,12H2,1-3H3,(H,14,15). The van der Waals surface area contributed by atoms with Gasteiger partial charge < -0.3 is 16.2 Å².